The maximum absolute atomic E-state index is 13.6. The topological polar surface area (TPSA) is 75.7 Å². The molecule has 6 nitrogen and oxygen atoms in total. The van der Waals surface area contributed by atoms with Crippen LogP contribution in [0, 0.1) is 5.82 Å². The highest BCUT2D eigenvalue weighted by atomic mass is 32.2. The molecule has 0 unspecified atom stereocenters. The Balaban J connectivity index is 2.22. The summed E-state index contributed by atoms with van der Waals surface area (Å²) in [7, 11) is -2.08. The number of methoxy groups -OCH3 is 1. The van der Waals surface area contributed by atoms with Crippen molar-refractivity contribution in [1.29, 1.82) is 0 Å². The predicted molar refractivity (Wildman–Crippen MR) is 72.7 cm³/mol. The van der Waals surface area contributed by atoms with Crippen LogP contribution in [0.25, 0.3) is 0 Å². The van der Waals surface area contributed by atoms with Gasteiger partial charge in [0.05, 0.1) is 24.2 Å². The zero-order valence-corrected chi connectivity index (χ0v) is 11.7. The lowest BCUT2D eigenvalue weighted by molar-refractivity contribution is -0.138. The lowest BCUT2D eigenvalue weighted by Crippen LogP contribution is -2.25. The predicted octanol–water partition coefficient (Wildman–Crippen LogP) is 0.951. The summed E-state index contributed by atoms with van der Waals surface area (Å²) in [6.07, 6.45) is 0.546. The molecular formula is C12H15FN2O4S. The Morgan fingerprint density at radius 3 is 2.85 bits per heavy atom. The lowest BCUT2D eigenvalue weighted by atomic mass is 10.2. The van der Waals surface area contributed by atoms with Gasteiger partial charge in [0.2, 0.25) is 10.0 Å². The zero-order chi connectivity index (χ0) is 14.8. The van der Waals surface area contributed by atoms with Crippen LogP contribution >= 0.6 is 0 Å². The molecule has 20 heavy (non-hydrogen) atoms. The molecule has 8 heteroatoms. The molecular weight excluding hydrogens is 287 g/mol. The Bertz CT molecular complexity index is 618. The van der Waals surface area contributed by atoms with Crippen molar-refractivity contribution < 1.29 is 22.3 Å². The van der Waals surface area contributed by atoms with E-state index in [1.54, 1.807) is 0 Å². The fraction of sp³-hybridized carbons (Fsp3) is 0.417. The number of esters is 1. The van der Waals surface area contributed by atoms with Gasteiger partial charge in [0.1, 0.15) is 12.4 Å². The average Bonchev–Trinajstić information content (AvgIpc) is 2.77. The van der Waals surface area contributed by atoms with E-state index in [-0.39, 0.29) is 18.0 Å². The minimum atomic E-state index is -3.31. The van der Waals surface area contributed by atoms with Crippen molar-refractivity contribution in [2.24, 2.45) is 0 Å². The third-order valence-corrected chi connectivity index (χ3v) is 4.86. The maximum Gasteiger partial charge on any atom is 0.325 e. The number of halogens is 1. The van der Waals surface area contributed by atoms with Crippen molar-refractivity contribution >= 4 is 27.4 Å². The summed E-state index contributed by atoms with van der Waals surface area (Å²) in [6, 6.07) is 3.95. The highest BCUT2D eigenvalue weighted by Gasteiger charge is 2.28. The Kier molecular flexibility index (Phi) is 4.12. The molecule has 2 rings (SSSR count). The third kappa shape index (κ3) is 3.01. The van der Waals surface area contributed by atoms with E-state index in [1.807, 2.05) is 0 Å². The second-order valence-electron chi connectivity index (χ2n) is 4.34. The summed E-state index contributed by atoms with van der Waals surface area (Å²) in [6.45, 7) is 0.189. The monoisotopic (exact) mass is 302 g/mol. The van der Waals surface area contributed by atoms with E-state index in [4.69, 9.17) is 0 Å². The van der Waals surface area contributed by atoms with Crippen LogP contribution in [-0.2, 0) is 19.6 Å². The number of hydrogen-bond acceptors (Lipinski definition) is 5. The van der Waals surface area contributed by atoms with Crippen LogP contribution < -0.4 is 9.62 Å². The van der Waals surface area contributed by atoms with Crippen molar-refractivity contribution in [1.82, 2.24) is 0 Å². The van der Waals surface area contributed by atoms with Gasteiger partial charge in [0.25, 0.3) is 0 Å². The Morgan fingerprint density at radius 1 is 1.50 bits per heavy atom. The molecule has 0 atom stereocenters. The lowest BCUT2D eigenvalue weighted by Gasteiger charge is -2.18. The molecule has 1 N–H and O–H groups in total. The molecule has 1 saturated heterocycles. The van der Waals surface area contributed by atoms with Gasteiger partial charge in [-0.25, -0.2) is 12.8 Å². The van der Waals surface area contributed by atoms with Crippen LogP contribution in [0.2, 0.25) is 0 Å². The van der Waals surface area contributed by atoms with Gasteiger partial charge < -0.3 is 10.1 Å². The van der Waals surface area contributed by atoms with Gasteiger partial charge in [0, 0.05) is 6.54 Å². The van der Waals surface area contributed by atoms with E-state index < -0.39 is 21.8 Å². The fourth-order valence-electron chi connectivity index (χ4n) is 1.97. The van der Waals surface area contributed by atoms with E-state index in [1.165, 1.54) is 29.6 Å². The Labute approximate surface area is 116 Å². The molecule has 1 aromatic carbocycles. The molecule has 1 heterocycles. The molecule has 0 aliphatic carbocycles. The van der Waals surface area contributed by atoms with Crippen LogP contribution in [0.15, 0.2) is 18.2 Å². The molecule has 110 valence electrons. The molecule has 1 aliphatic rings. The van der Waals surface area contributed by atoms with Crippen LogP contribution in [0.4, 0.5) is 15.8 Å². The highest BCUT2D eigenvalue weighted by Crippen LogP contribution is 2.28. The second-order valence-corrected chi connectivity index (χ2v) is 6.35. The van der Waals surface area contributed by atoms with Crippen LogP contribution in [0.3, 0.4) is 0 Å². The maximum atomic E-state index is 13.6. The van der Waals surface area contributed by atoms with E-state index in [0.717, 1.165) is 0 Å². The van der Waals surface area contributed by atoms with Crippen LogP contribution in [0.5, 0.6) is 0 Å². The van der Waals surface area contributed by atoms with Gasteiger partial charge in [-0.15, -0.1) is 0 Å². The van der Waals surface area contributed by atoms with E-state index in [9.17, 15) is 17.6 Å². The van der Waals surface area contributed by atoms with Crippen LogP contribution in [-0.4, -0.2) is 40.3 Å². The minimum Gasteiger partial charge on any atom is -0.468 e. The van der Waals surface area contributed by atoms with E-state index in [2.05, 4.69) is 10.1 Å². The van der Waals surface area contributed by atoms with Gasteiger partial charge in [-0.05, 0) is 24.6 Å². The standard InChI is InChI=1S/C12H15FN2O4S/c1-19-12(16)8-14-11-7-9(3-4-10(11)13)15-5-2-6-20(15,17)18/h3-4,7,14H,2,5-6,8H2,1H3. The highest BCUT2D eigenvalue weighted by molar-refractivity contribution is 7.93. The largest absolute Gasteiger partial charge is 0.468 e. The molecule has 0 radical (unpaired) electrons. The molecule has 0 bridgehead atoms. The summed E-state index contributed by atoms with van der Waals surface area (Å²) in [5.74, 6) is -1.01. The summed E-state index contributed by atoms with van der Waals surface area (Å²) in [5, 5.41) is 2.58. The number of carbonyl (C=O) groups is 1. The zero-order valence-electron chi connectivity index (χ0n) is 10.9. The van der Waals surface area contributed by atoms with Gasteiger partial charge in [-0.3, -0.25) is 9.10 Å². The van der Waals surface area contributed by atoms with Crippen molar-refractivity contribution in [2.75, 3.05) is 35.6 Å². The molecule has 0 spiro atoms. The van der Waals surface area contributed by atoms with Crippen molar-refractivity contribution in [3.8, 4) is 0 Å². The van der Waals surface area contributed by atoms with Gasteiger partial charge in [-0.2, -0.15) is 0 Å². The number of nitrogens with zero attached hydrogens (tertiary/aromatic N) is 1. The first-order valence-corrected chi connectivity index (χ1v) is 7.65. The number of hydrogen-bond donors (Lipinski definition) is 1. The summed E-state index contributed by atoms with van der Waals surface area (Å²) < 4.78 is 42.9. The SMILES string of the molecule is COC(=O)CNc1cc(N2CCCS2(=O)=O)ccc1F. The van der Waals surface area contributed by atoms with Gasteiger partial charge in [-0.1, -0.05) is 0 Å². The molecule has 0 amide bonds. The molecule has 1 aliphatic heterocycles. The first-order chi connectivity index (χ1) is 9.44. The second kappa shape index (κ2) is 5.66. The number of sulfonamides is 1. The fourth-order valence-corrected chi connectivity index (χ4v) is 3.53. The number of benzene rings is 1. The first kappa shape index (κ1) is 14.6. The number of ether oxygens (including phenoxy) is 1. The average molecular weight is 302 g/mol. The quantitative estimate of drug-likeness (QED) is 0.838. The Hall–Kier alpha value is -1.83. The molecule has 1 fully saturated rings. The third-order valence-electron chi connectivity index (χ3n) is 2.99. The van der Waals surface area contributed by atoms with E-state index >= 15 is 0 Å². The van der Waals surface area contributed by atoms with Crippen LogP contribution in [0.1, 0.15) is 6.42 Å². The van der Waals surface area contributed by atoms with Crippen molar-refractivity contribution in [3.63, 3.8) is 0 Å². The summed E-state index contributed by atoms with van der Waals surface area (Å²) in [5.41, 5.74) is 0.450. The normalized spacial score (nSPS) is 17.0. The molecule has 0 saturated carbocycles. The minimum absolute atomic E-state index is 0.0648. The summed E-state index contributed by atoms with van der Waals surface area (Å²) >= 11 is 0. The van der Waals surface area contributed by atoms with Gasteiger partial charge >= 0.3 is 5.97 Å². The molecule has 1 aromatic rings. The number of rotatable bonds is 4. The number of anilines is 2. The molecule has 0 aromatic heterocycles. The van der Waals surface area contributed by atoms with Crippen molar-refractivity contribution in [3.05, 3.63) is 24.0 Å². The van der Waals surface area contributed by atoms with Crippen molar-refractivity contribution in [2.45, 2.75) is 6.42 Å². The van der Waals surface area contributed by atoms with E-state index in [0.29, 0.717) is 18.7 Å². The summed E-state index contributed by atoms with van der Waals surface area (Å²) in [4.78, 5) is 11.0. The first-order valence-electron chi connectivity index (χ1n) is 6.05. The number of carbonyl (C=O) groups excluding carboxylic acids is 1. The smallest absolute Gasteiger partial charge is 0.325 e. The van der Waals surface area contributed by atoms with Gasteiger partial charge in [0.15, 0.2) is 0 Å². The number of nitrogens with one attached hydrogen (secondary N) is 1. The Morgan fingerprint density at radius 2 is 2.25 bits per heavy atom.